The number of fused-ring (bicyclic) bond motifs is 10. The van der Waals surface area contributed by atoms with Gasteiger partial charge >= 0.3 is 0 Å². The maximum Gasteiger partial charge on any atom is 0.235 e. The Balaban J connectivity index is 1.28. The monoisotopic (exact) mass is 573 g/mol. The second-order valence-corrected chi connectivity index (χ2v) is 11.8. The number of aromatic nitrogens is 3. The largest absolute Gasteiger partial charge is 0.289 e. The lowest BCUT2D eigenvalue weighted by atomic mass is 9.97. The molecule has 45 heavy (non-hydrogen) atoms. The number of benzene rings is 7. The van der Waals surface area contributed by atoms with Crippen molar-refractivity contribution in [3.63, 3.8) is 0 Å². The molecule has 0 aliphatic heterocycles. The SMILES string of the molecule is O=C1c2cc3c(cc2-c2c1ccc1ccccc21)c1ccccc1n3-c1nc(-c2ccc3ccccc3c2)c2ccccc2n1. The first kappa shape index (κ1) is 24.3. The van der Waals surface area contributed by atoms with Crippen LogP contribution < -0.4 is 0 Å². The minimum Gasteiger partial charge on any atom is -0.289 e. The fourth-order valence-electron chi connectivity index (χ4n) is 7.24. The van der Waals surface area contributed by atoms with Gasteiger partial charge in [0.2, 0.25) is 5.95 Å². The summed E-state index contributed by atoms with van der Waals surface area (Å²) in [5, 5.41) is 7.75. The van der Waals surface area contributed by atoms with Gasteiger partial charge in [-0.2, -0.15) is 0 Å². The molecule has 208 valence electrons. The first-order valence-corrected chi connectivity index (χ1v) is 15.1. The topological polar surface area (TPSA) is 47.8 Å². The highest BCUT2D eigenvalue weighted by Crippen LogP contribution is 2.45. The van der Waals surface area contributed by atoms with Gasteiger partial charge in [0, 0.05) is 38.4 Å². The average molecular weight is 574 g/mol. The van der Waals surface area contributed by atoms with E-state index < -0.39 is 0 Å². The summed E-state index contributed by atoms with van der Waals surface area (Å²) in [5.74, 6) is 0.636. The van der Waals surface area contributed by atoms with Crippen molar-refractivity contribution in [1.29, 1.82) is 0 Å². The summed E-state index contributed by atoms with van der Waals surface area (Å²) in [6.07, 6.45) is 0. The molecule has 2 aromatic heterocycles. The fourth-order valence-corrected chi connectivity index (χ4v) is 7.24. The number of ketones is 1. The van der Waals surface area contributed by atoms with Crippen LogP contribution in [0.4, 0.5) is 0 Å². The van der Waals surface area contributed by atoms with E-state index >= 15 is 0 Å². The molecule has 0 radical (unpaired) electrons. The van der Waals surface area contributed by atoms with Crippen molar-refractivity contribution in [2.24, 2.45) is 0 Å². The van der Waals surface area contributed by atoms with Crippen molar-refractivity contribution in [2.45, 2.75) is 0 Å². The standard InChI is InChI=1S/C41H23N3O/c45-40-31-20-19-25-10-3-4-12-28(25)38(31)33-22-32-29-13-6-8-16-36(29)44(37(32)23-34(33)40)41-42-35-15-7-5-14-30(35)39(43-41)27-18-17-24-9-1-2-11-26(24)21-27/h1-23H. The van der Waals surface area contributed by atoms with Gasteiger partial charge in [-0.3, -0.25) is 9.36 Å². The van der Waals surface area contributed by atoms with Crippen molar-refractivity contribution >= 4 is 60.0 Å². The fraction of sp³-hybridized carbons (Fsp3) is 0. The third-order valence-corrected chi connectivity index (χ3v) is 9.31. The van der Waals surface area contributed by atoms with Gasteiger partial charge < -0.3 is 0 Å². The number of hydrogen-bond acceptors (Lipinski definition) is 3. The van der Waals surface area contributed by atoms with E-state index in [1.807, 2.05) is 48.5 Å². The lowest BCUT2D eigenvalue weighted by molar-refractivity contribution is 0.104. The van der Waals surface area contributed by atoms with Gasteiger partial charge in [0.05, 0.1) is 22.2 Å². The molecule has 1 aliphatic carbocycles. The number of carbonyl (C=O) groups excluding carboxylic acids is 1. The summed E-state index contributed by atoms with van der Waals surface area (Å²) in [5.41, 5.74) is 8.18. The summed E-state index contributed by atoms with van der Waals surface area (Å²) >= 11 is 0. The summed E-state index contributed by atoms with van der Waals surface area (Å²) < 4.78 is 2.12. The number of para-hydroxylation sites is 2. The first-order chi connectivity index (χ1) is 22.2. The van der Waals surface area contributed by atoms with Crippen LogP contribution in [0.2, 0.25) is 0 Å². The molecule has 0 spiro atoms. The normalized spacial score (nSPS) is 12.5. The third-order valence-electron chi connectivity index (χ3n) is 9.31. The van der Waals surface area contributed by atoms with Crippen LogP contribution in [0.3, 0.4) is 0 Å². The molecule has 0 saturated heterocycles. The van der Waals surface area contributed by atoms with Crippen LogP contribution >= 0.6 is 0 Å². The molecular formula is C41H23N3O. The Kier molecular flexibility index (Phi) is 4.83. The molecule has 0 N–H and O–H groups in total. The van der Waals surface area contributed by atoms with E-state index in [0.717, 1.165) is 76.8 Å². The maximum absolute atomic E-state index is 13.9. The summed E-state index contributed by atoms with van der Waals surface area (Å²) in [6, 6.07) is 48.0. The highest BCUT2D eigenvalue weighted by molar-refractivity contribution is 6.28. The Morgan fingerprint density at radius 1 is 0.467 bits per heavy atom. The molecule has 0 atom stereocenters. The average Bonchev–Trinajstić information content (AvgIpc) is 3.57. The van der Waals surface area contributed by atoms with Crippen LogP contribution in [-0.2, 0) is 0 Å². The molecule has 4 nitrogen and oxygen atoms in total. The van der Waals surface area contributed by atoms with E-state index in [2.05, 4.69) is 95.6 Å². The Bertz CT molecular complexity index is 2740. The predicted octanol–water partition coefficient (Wildman–Crippen LogP) is 9.91. The zero-order chi connectivity index (χ0) is 29.6. The highest BCUT2D eigenvalue weighted by atomic mass is 16.1. The molecule has 7 aromatic carbocycles. The molecule has 0 fully saturated rings. The quantitative estimate of drug-likeness (QED) is 0.207. The summed E-state index contributed by atoms with van der Waals surface area (Å²) in [7, 11) is 0. The van der Waals surface area contributed by atoms with Crippen LogP contribution in [-0.4, -0.2) is 20.3 Å². The number of nitrogens with zero attached hydrogens (tertiary/aromatic N) is 3. The molecular weight excluding hydrogens is 550 g/mol. The van der Waals surface area contributed by atoms with Crippen molar-refractivity contribution in [3.05, 3.63) is 151 Å². The minimum absolute atomic E-state index is 0.0562. The summed E-state index contributed by atoms with van der Waals surface area (Å²) in [6.45, 7) is 0. The van der Waals surface area contributed by atoms with E-state index in [-0.39, 0.29) is 5.78 Å². The van der Waals surface area contributed by atoms with Gasteiger partial charge in [-0.25, -0.2) is 9.97 Å². The van der Waals surface area contributed by atoms with Crippen molar-refractivity contribution in [3.8, 4) is 28.3 Å². The van der Waals surface area contributed by atoms with E-state index in [1.165, 1.54) is 5.39 Å². The second-order valence-electron chi connectivity index (χ2n) is 11.8. The minimum atomic E-state index is 0.0562. The van der Waals surface area contributed by atoms with Crippen molar-refractivity contribution < 1.29 is 4.79 Å². The van der Waals surface area contributed by atoms with Gasteiger partial charge in [0.15, 0.2) is 5.78 Å². The van der Waals surface area contributed by atoms with Crippen LogP contribution in [0.15, 0.2) is 140 Å². The number of rotatable bonds is 2. The Morgan fingerprint density at radius 3 is 2.07 bits per heavy atom. The lowest BCUT2D eigenvalue weighted by Gasteiger charge is -2.12. The molecule has 9 aromatic rings. The van der Waals surface area contributed by atoms with E-state index in [1.54, 1.807) is 0 Å². The van der Waals surface area contributed by atoms with Gasteiger partial charge in [-0.1, -0.05) is 103 Å². The van der Waals surface area contributed by atoms with Gasteiger partial charge in [0.1, 0.15) is 0 Å². The molecule has 0 unspecified atom stereocenters. The Hall–Kier alpha value is -6.13. The van der Waals surface area contributed by atoms with Gasteiger partial charge in [-0.05, 0) is 63.5 Å². The highest BCUT2D eigenvalue weighted by Gasteiger charge is 2.30. The predicted molar refractivity (Wildman–Crippen MR) is 183 cm³/mol. The Morgan fingerprint density at radius 2 is 1.18 bits per heavy atom. The lowest BCUT2D eigenvalue weighted by Crippen LogP contribution is -2.04. The first-order valence-electron chi connectivity index (χ1n) is 15.1. The van der Waals surface area contributed by atoms with Gasteiger partial charge in [-0.15, -0.1) is 0 Å². The number of hydrogen-bond donors (Lipinski definition) is 0. The van der Waals surface area contributed by atoms with Crippen molar-refractivity contribution in [1.82, 2.24) is 14.5 Å². The second kappa shape index (κ2) is 8.94. The van der Waals surface area contributed by atoms with Crippen LogP contribution in [0.25, 0.3) is 82.6 Å². The Labute approximate surface area is 257 Å². The smallest absolute Gasteiger partial charge is 0.235 e. The molecule has 2 heterocycles. The zero-order valence-corrected chi connectivity index (χ0v) is 24.0. The summed E-state index contributed by atoms with van der Waals surface area (Å²) in [4.78, 5) is 24.3. The van der Waals surface area contributed by atoms with Crippen LogP contribution in [0.5, 0.6) is 0 Å². The number of carbonyl (C=O) groups is 1. The molecule has 0 amide bonds. The molecule has 0 saturated carbocycles. The van der Waals surface area contributed by atoms with E-state index in [0.29, 0.717) is 11.5 Å². The van der Waals surface area contributed by atoms with E-state index in [4.69, 9.17) is 9.97 Å². The molecule has 4 heteroatoms. The molecule has 10 rings (SSSR count). The third kappa shape index (κ3) is 3.39. The van der Waals surface area contributed by atoms with Crippen molar-refractivity contribution in [2.75, 3.05) is 0 Å². The maximum atomic E-state index is 13.9. The van der Waals surface area contributed by atoms with Gasteiger partial charge in [0.25, 0.3) is 0 Å². The van der Waals surface area contributed by atoms with Crippen LogP contribution in [0.1, 0.15) is 15.9 Å². The van der Waals surface area contributed by atoms with E-state index in [9.17, 15) is 4.79 Å². The molecule has 1 aliphatic rings. The molecule has 0 bridgehead atoms. The zero-order valence-electron chi connectivity index (χ0n) is 24.0. The van der Waals surface area contributed by atoms with Crippen LogP contribution in [0, 0.1) is 0 Å².